The van der Waals surface area contributed by atoms with Crippen LogP contribution in [0.2, 0.25) is 0 Å². The lowest BCUT2D eigenvalue weighted by atomic mass is 9.98. The van der Waals surface area contributed by atoms with E-state index in [0.29, 0.717) is 36.1 Å². The molecule has 10 heteroatoms. The summed E-state index contributed by atoms with van der Waals surface area (Å²) in [6, 6.07) is 0. The molecule has 3 atom stereocenters. The molecular formula is C24H40N2O8. The molecule has 0 spiro atoms. The Morgan fingerprint density at radius 1 is 0.765 bits per heavy atom. The summed E-state index contributed by atoms with van der Waals surface area (Å²) in [6.45, 7) is 17.6. The van der Waals surface area contributed by atoms with Crippen LogP contribution in [0.3, 0.4) is 0 Å². The molecule has 2 amide bonds. The van der Waals surface area contributed by atoms with E-state index in [2.05, 4.69) is 47.1 Å². The van der Waals surface area contributed by atoms with E-state index in [-0.39, 0.29) is 26.4 Å². The Kier molecular flexibility index (Phi) is 15.9. The van der Waals surface area contributed by atoms with Crippen molar-refractivity contribution in [3.8, 4) is 0 Å². The van der Waals surface area contributed by atoms with Crippen LogP contribution in [-0.2, 0) is 28.5 Å². The van der Waals surface area contributed by atoms with Gasteiger partial charge in [0.25, 0.3) is 0 Å². The average molecular weight is 485 g/mol. The van der Waals surface area contributed by atoms with Gasteiger partial charge in [-0.3, -0.25) is 0 Å². The fraction of sp³-hybridized carbons (Fsp3) is 0.667. The molecule has 1 saturated carbocycles. The Balaban J connectivity index is 0.000000686. The van der Waals surface area contributed by atoms with Gasteiger partial charge in [0.1, 0.15) is 26.4 Å². The standard InChI is InChI=1S/C15H25NO4.C9H15NO4/c1-10(2)14(17)19-5-6-20-15(18)16-9-13-8-11(3)7-12(13)4;1-4-10-9(12)14-6-5-13-8(11)7(2)3/h11-13H,1,5-9H2,2-4H3,(H,16,18);2,4-6H2,1,3H3,(H,10,12). The van der Waals surface area contributed by atoms with Crippen LogP contribution in [0.1, 0.15) is 47.5 Å². The Labute approximate surface area is 202 Å². The zero-order valence-electron chi connectivity index (χ0n) is 21.1. The summed E-state index contributed by atoms with van der Waals surface area (Å²) in [5, 5.41) is 5.20. The van der Waals surface area contributed by atoms with E-state index in [1.54, 1.807) is 20.8 Å². The molecule has 0 radical (unpaired) electrons. The largest absolute Gasteiger partial charge is 0.459 e. The van der Waals surface area contributed by atoms with Crippen molar-refractivity contribution in [1.82, 2.24) is 10.6 Å². The molecule has 34 heavy (non-hydrogen) atoms. The summed E-state index contributed by atoms with van der Waals surface area (Å²) in [7, 11) is 0. The molecule has 0 aromatic heterocycles. The van der Waals surface area contributed by atoms with Gasteiger partial charge in [-0.05, 0) is 51.4 Å². The molecule has 0 heterocycles. The number of hydrogen-bond donors (Lipinski definition) is 2. The Hall–Kier alpha value is -3.04. The minimum atomic E-state index is -0.515. The lowest BCUT2D eigenvalue weighted by Gasteiger charge is -2.15. The van der Waals surface area contributed by atoms with Crippen LogP contribution in [-0.4, -0.2) is 63.6 Å². The molecule has 2 N–H and O–H groups in total. The van der Waals surface area contributed by atoms with Gasteiger partial charge in [0.2, 0.25) is 0 Å². The van der Waals surface area contributed by atoms with E-state index in [1.807, 2.05) is 0 Å². The summed E-state index contributed by atoms with van der Waals surface area (Å²) in [5.41, 5.74) is 0.654. The van der Waals surface area contributed by atoms with Crippen molar-refractivity contribution >= 4 is 24.1 Å². The fourth-order valence-electron chi connectivity index (χ4n) is 3.20. The van der Waals surface area contributed by atoms with Crippen LogP contribution in [0.15, 0.2) is 24.3 Å². The smallest absolute Gasteiger partial charge is 0.407 e. The highest BCUT2D eigenvalue weighted by atomic mass is 16.6. The van der Waals surface area contributed by atoms with Crippen LogP contribution in [0.4, 0.5) is 9.59 Å². The number of nitrogens with one attached hydrogen (secondary N) is 2. The fourth-order valence-corrected chi connectivity index (χ4v) is 3.20. The van der Waals surface area contributed by atoms with E-state index in [9.17, 15) is 19.2 Å². The monoisotopic (exact) mass is 484 g/mol. The number of carbonyl (C=O) groups excluding carboxylic acids is 4. The van der Waals surface area contributed by atoms with Gasteiger partial charge in [-0.1, -0.05) is 27.0 Å². The normalized spacial score (nSPS) is 18.4. The maximum atomic E-state index is 11.5. The second-order valence-electron chi connectivity index (χ2n) is 8.33. The van der Waals surface area contributed by atoms with Gasteiger partial charge in [0.15, 0.2) is 0 Å². The van der Waals surface area contributed by atoms with Gasteiger partial charge in [-0.25, -0.2) is 19.2 Å². The lowest BCUT2D eigenvalue weighted by Crippen LogP contribution is -2.31. The lowest BCUT2D eigenvalue weighted by molar-refractivity contribution is -0.140. The summed E-state index contributed by atoms with van der Waals surface area (Å²) in [6.07, 6.45) is 1.40. The maximum Gasteiger partial charge on any atom is 0.407 e. The number of alkyl carbamates (subject to hydrolysis) is 2. The summed E-state index contributed by atoms with van der Waals surface area (Å²) >= 11 is 0. The second kappa shape index (κ2) is 17.4. The molecule has 0 saturated heterocycles. The molecule has 10 nitrogen and oxygen atoms in total. The van der Waals surface area contributed by atoms with E-state index in [4.69, 9.17) is 9.47 Å². The maximum absolute atomic E-state index is 11.5. The van der Waals surface area contributed by atoms with E-state index in [0.717, 1.165) is 12.3 Å². The SMILES string of the molecule is C=C(C)C(=O)OCCOC(=O)NCC.C=C(C)C(=O)OCCOC(=O)NCC1CC(C)CC1C. The van der Waals surface area contributed by atoms with E-state index < -0.39 is 24.1 Å². The van der Waals surface area contributed by atoms with Crippen molar-refractivity contribution in [2.75, 3.05) is 39.5 Å². The van der Waals surface area contributed by atoms with Crippen LogP contribution in [0.25, 0.3) is 0 Å². The molecule has 0 aromatic rings. The van der Waals surface area contributed by atoms with E-state index in [1.165, 1.54) is 6.42 Å². The molecule has 1 fully saturated rings. The second-order valence-corrected chi connectivity index (χ2v) is 8.33. The number of hydrogen-bond acceptors (Lipinski definition) is 8. The van der Waals surface area contributed by atoms with Gasteiger partial charge in [0.05, 0.1) is 0 Å². The number of ether oxygens (including phenoxy) is 4. The molecule has 1 rings (SSSR count). The van der Waals surface area contributed by atoms with Crippen LogP contribution in [0.5, 0.6) is 0 Å². The molecule has 1 aliphatic rings. The predicted molar refractivity (Wildman–Crippen MR) is 127 cm³/mol. The van der Waals surface area contributed by atoms with Crippen LogP contribution >= 0.6 is 0 Å². The average Bonchev–Trinajstić information content (AvgIpc) is 3.09. The zero-order valence-corrected chi connectivity index (χ0v) is 21.1. The number of rotatable bonds is 11. The first-order valence-corrected chi connectivity index (χ1v) is 11.4. The minimum Gasteiger partial charge on any atom is -0.459 e. The summed E-state index contributed by atoms with van der Waals surface area (Å²) in [4.78, 5) is 44.1. The molecule has 3 unspecified atom stereocenters. The van der Waals surface area contributed by atoms with Crippen molar-refractivity contribution in [1.29, 1.82) is 0 Å². The number of carbonyl (C=O) groups is 4. The third-order valence-electron chi connectivity index (χ3n) is 4.91. The van der Waals surface area contributed by atoms with E-state index >= 15 is 0 Å². The topological polar surface area (TPSA) is 129 Å². The molecule has 1 aliphatic carbocycles. The first-order valence-electron chi connectivity index (χ1n) is 11.4. The van der Waals surface area contributed by atoms with Crippen molar-refractivity contribution < 1.29 is 38.1 Å². The Bertz CT molecular complexity index is 707. The van der Waals surface area contributed by atoms with Gasteiger partial charge in [0, 0.05) is 24.2 Å². The molecule has 194 valence electrons. The highest BCUT2D eigenvalue weighted by Crippen LogP contribution is 2.35. The highest BCUT2D eigenvalue weighted by Gasteiger charge is 2.28. The first kappa shape index (κ1) is 31.0. The van der Waals surface area contributed by atoms with Crippen LogP contribution < -0.4 is 10.6 Å². The third kappa shape index (κ3) is 14.9. The van der Waals surface area contributed by atoms with Gasteiger partial charge in [-0.2, -0.15) is 0 Å². The third-order valence-corrected chi connectivity index (χ3v) is 4.91. The highest BCUT2D eigenvalue weighted by molar-refractivity contribution is 5.87. The quantitative estimate of drug-likeness (QED) is 0.198. The first-order chi connectivity index (χ1) is 16.0. The van der Waals surface area contributed by atoms with Crippen LogP contribution in [0, 0.1) is 17.8 Å². The zero-order chi connectivity index (χ0) is 26.1. The summed E-state index contributed by atoms with van der Waals surface area (Å²) in [5.74, 6) is 0.947. The number of esters is 2. The Morgan fingerprint density at radius 3 is 1.59 bits per heavy atom. The number of amides is 2. The molecule has 0 aromatic carbocycles. The van der Waals surface area contributed by atoms with Crippen molar-refractivity contribution in [3.05, 3.63) is 24.3 Å². The molecule has 0 aliphatic heterocycles. The van der Waals surface area contributed by atoms with Crippen molar-refractivity contribution in [2.24, 2.45) is 17.8 Å². The molecule has 0 bridgehead atoms. The minimum absolute atomic E-state index is 0.0445. The summed E-state index contributed by atoms with van der Waals surface area (Å²) < 4.78 is 19.1. The molecular weight excluding hydrogens is 444 g/mol. The predicted octanol–water partition coefficient (Wildman–Crippen LogP) is 3.37. The van der Waals surface area contributed by atoms with Gasteiger partial charge in [-0.15, -0.1) is 0 Å². The van der Waals surface area contributed by atoms with Crippen molar-refractivity contribution in [2.45, 2.75) is 47.5 Å². The Morgan fingerprint density at radius 2 is 1.21 bits per heavy atom. The van der Waals surface area contributed by atoms with Gasteiger partial charge < -0.3 is 29.6 Å². The van der Waals surface area contributed by atoms with Gasteiger partial charge >= 0.3 is 24.1 Å². The van der Waals surface area contributed by atoms with Crippen molar-refractivity contribution in [3.63, 3.8) is 0 Å².